The van der Waals surface area contributed by atoms with Crippen LogP contribution in [0.25, 0.3) is 5.03 Å². The lowest BCUT2D eigenvalue weighted by molar-refractivity contribution is -0.142. The molecule has 0 aliphatic carbocycles. The maximum absolute atomic E-state index is 12.0. The van der Waals surface area contributed by atoms with Gasteiger partial charge in [0.1, 0.15) is 0 Å². The maximum Gasteiger partial charge on any atom is 0.335 e. The quantitative estimate of drug-likeness (QED) is 0.541. The summed E-state index contributed by atoms with van der Waals surface area (Å²) in [5.41, 5.74) is 4.55. The van der Waals surface area contributed by atoms with Crippen LogP contribution in [0.4, 0.5) is 0 Å². The highest BCUT2D eigenvalue weighted by Crippen LogP contribution is 2.35. The number of hydrogen-bond donors (Lipinski definition) is 0. The minimum absolute atomic E-state index is 0.158. The predicted molar refractivity (Wildman–Crippen MR) is 88.0 cm³/mol. The topological polar surface area (TPSA) is 26.3 Å². The standard InChI is InChI=1S/C16H20BrClO2/c1-8(2)20-16(19)12(6)15(18)13-9(3)7-10(4)14(17)11(13)5/h7-8H,1-6H3/b15-12+. The van der Waals surface area contributed by atoms with Gasteiger partial charge in [-0.1, -0.05) is 33.6 Å². The second-order valence-electron chi connectivity index (χ2n) is 5.22. The molecule has 1 rings (SSSR count). The zero-order chi connectivity index (χ0) is 15.6. The fraction of sp³-hybridized carbons (Fsp3) is 0.438. The van der Waals surface area contributed by atoms with Crippen LogP contribution >= 0.6 is 27.5 Å². The molecule has 0 atom stereocenters. The summed E-state index contributed by atoms with van der Waals surface area (Å²) in [7, 11) is 0. The lowest BCUT2D eigenvalue weighted by Gasteiger charge is -2.16. The van der Waals surface area contributed by atoms with E-state index in [0.717, 1.165) is 26.7 Å². The molecule has 0 fully saturated rings. The first-order valence-electron chi connectivity index (χ1n) is 6.50. The van der Waals surface area contributed by atoms with Crippen LogP contribution in [0, 0.1) is 20.8 Å². The molecule has 110 valence electrons. The number of carbonyl (C=O) groups excluding carboxylic acids is 1. The van der Waals surface area contributed by atoms with E-state index in [-0.39, 0.29) is 12.1 Å². The van der Waals surface area contributed by atoms with Crippen molar-refractivity contribution in [2.24, 2.45) is 0 Å². The van der Waals surface area contributed by atoms with Gasteiger partial charge in [0.25, 0.3) is 0 Å². The van der Waals surface area contributed by atoms with Gasteiger partial charge in [-0.05, 0) is 58.2 Å². The van der Waals surface area contributed by atoms with E-state index in [4.69, 9.17) is 16.3 Å². The normalized spacial score (nSPS) is 12.4. The van der Waals surface area contributed by atoms with E-state index in [9.17, 15) is 4.79 Å². The molecule has 4 heteroatoms. The third-order valence-corrected chi connectivity index (χ3v) is 4.77. The summed E-state index contributed by atoms with van der Waals surface area (Å²) in [6.45, 7) is 11.3. The molecule has 1 aromatic carbocycles. The van der Waals surface area contributed by atoms with Crippen molar-refractivity contribution < 1.29 is 9.53 Å². The van der Waals surface area contributed by atoms with Crippen molar-refractivity contribution >= 4 is 38.5 Å². The second kappa shape index (κ2) is 6.77. The molecule has 0 aliphatic rings. The Balaban J connectivity index is 3.37. The number of hydrogen-bond acceptors (Lipinski definition) is 2. The molecule has 0 heterocycles. The van der Waals surface area contributed by atoms with Crippen molar-refractivity contribution in [2.45, 2.75) is 47.6 Å². The molecule has 0 bridgehead atoms. The largest absolute Gasteiger partial charge is 0.460 e. The first-order chi connectivity index (χ1) is 9.16. The average molecular weight is 360 g/mol. The minimum Gasteiger partial charge on any atom is -0.460 e. The van der Waals surface area contributed by atoms with Gasteiger partial charge in [0.2, 0.25) is 0 Å². The highest BCUT2D eigenvalue weighted by molar-refractivity contribution is 9.10. The molecule has 0 spiro atoms. The zero-order valence-electron chi connectivity index (χ0n) is 12.7. The van der Waals surface area contributed by atoms with Crippen LogP contribution in [0.3, 0.4) is 0 Å². The molecule has 0 aromatic heterocycles. The number of rotatable bonds is 3. The van der Waals surface area contributed by atoms with Crippen molar-refractivity contribution in [1.29, 1.82) is 0 Å². The van der Waals surface area contributed by atoms with E-state index in [1.54, 1.807) is 6.92 Å². The Kier molecular flexibility index (Phi) is 5.84. The SMILES string of the molecule is C/C(C(=O)OC(C)C)=C(\Cl)c1c(C)cc(C)c(Br)c1C. The van der Waals surface area contributed by atoms with Crippen molar-refractivity contribution in [3.05, 3.63) is 38.4 Å². The number of carbonyl (C=O) groups is 1. The van der Waals surface area contributed by atoms with Crippen molar-refractivity contribution in [3.63, 3.8) is 0 Å². The van der Waals surface area contributed by atoms with E-state index in [1.165, 1.54) is 0 Å². The minimum atomic E-state index is -0.375. The highest BCUT2D eigenvalue weighted by atomic mass is 79.9. The molecule has 0 aliphatic heterocycles. The third-order valence-electron chi connectivity index (χ3n) is 3.08. The maximum atomic E-state index is 12.0. The number of benzene rings is 1. The molecule has 0 saturated carbocycles. The lowest BCUT2D eigenvalue weighted by atomic mass is 9.97. The van der Waals surface area contributed by atoms with Gasteiger partial charge in [-0.15, -0.1) is 0 Å². The molecule has 0 amide bonds. The van der Waals surface area contributed by atoms with Crippen LogP contribution in [0.15, 0.2) is 16.1 Å². The molecule has 0 unspecified atom stereocenters. The van der Waals surface area contributed by atoms with E-state index < -0.39 is 0 Å². The zero-order valence-corrected chi connectivity index (χ0v) is 15.1. The monoisotopic (exact) mass is 358 g/mol. The number of aryl methyl sites for hydroxylation is 2. The van der Waals surface area contributed by atoms with Gasteiger partial charge in [-0.25, -0.2) is 4.79 Å². The van der Waals surface area contributed by atoms with E-state index in [0.29, 0.717) is 10.6 Å². The molecule has 0 N–H and O–H groups in total. The Bertz CT molecular complexity index is 574. The van der Waals surface area contributed by atoms with E-state index >= 15 is 0 Å². The van der Waals surface area contributed by atoms with Gasteiger partial charge in [-0.3, -0.25) is 0 Å². The van der Waals surface area contributed by atoms with Gasteiger partial charge in [0.05, 0.1) is 16.7 Å². The number of halogens is 2. The summed E-state index contributed by atoms with van der Waals surface area (Å²) >= 11 is 9.99. The first kappa shape index (κ1) is 17.3. The van der Waals surface area contributed by atoms with Gasteiger partial charge in [-0.2, -0.15) is 0 Å². The Morgan fingerprint density at radius 2 is 1.80 bits per heavy atom. The first-order valence-corrected chi connectivity index (χ1v) is 7.67. The average Bonchev–Trinajstić information content (AvgIpc) is 2.34. The molecule has 20 heavy (non-hydrogen) atoms. The van der Waals surface area contributed by atoms with Crippen molar-refractivity contribution in [1.82, 2.24) is 0 Å². The Morgan fingerprint density at radius 1 is 1.25 bits per heavy atom. The molecular weight excluding hydrogens is 340 g/mol. The van der Waals surface area contributed by atoms with E-state index in [1.807, 2.05) is 34.6 Å². The number of ether oxygens (including phenoxy) is 1. The summed E-state index contributed by atoms with van der Waals surface area (Å²) in [4.78, 5) is 12.0. The smallest absolute Gasteiger partial charge is 0.335 e. The molecule has 0 radical (unpaired) electrons. The summed E-state index contributed by atoms with van der Waals surface area (Å²) in [5, 5.41) is 0.450. The molecule has 0 saturated heterocycles. The second-order valence-corrected chi connectivity index (χ2v) is 6.39. The van der Waals surface area contributed by atoms with Crippen LogP contribution in [0.5, 0.6) is 0 Å². The van der Waals surface area contributed by atoms with Gasteiger partial charge >= 0.3 is 5.97 Å². The Hall–Kier alpha value is -0.800. The van der Waals surface area contributed by atoms with E-state index in [2.05, 4.69) is 22.0 Å². The van der Waals surface area contributed by atoms with Crippen molar-refractivity contribution in [3.8, 4) is 0 Å². The van der Waals surface area contributed by atoms with Gasteiger partial charge in [0, 0.05) is 10.0 Å². The van der Waals surface area contributed by atoms with Crippen LogP contribution in [0.2, 0.25) is 0 Å². The summed E-state index contributed by atoms with van der Waals surface area (Å²) < 4.78 is 6.21. The van der Waals surface area contributed by atoms with Gasteiger partial charge in [0.15, 0.2) is 0 Å². The Morgan fingerprint density at radius 3 is 2.30 bits per heavy atom. The molecule has 1 aromatic rings. The fourth-order valence-corrected chi connectivity index (χ4v) is 2.76. The third kappa shape index (κ3) is 3.64. The number of esters is 1. The van der Waals surface area contributed by atoms with Crippen LogP contribution < -0.4 is 0 Å². The predicted octanol–water partition coefficient (Wildman–Crippen LogP) is 5.30. The summed E-state index contributed by atoms with van der Waals surface area (Å²) in [6.07, 6.45) is -0.158. The van der Waals surface area contributed by atoms with Crippen molar-refractivity contribution in [2.75, 3.05) is 0 Å². The fourth-order valence-electron chi connectivity index (χ4n) is 2.08. The van der Waals surface area contributed by atoms with Crippen LogP contribution in [-0.4, -0.2) is 12.1 Å². The van der Waals surface area contributed by atoms with Gasteiger partial charge < -0.3 is 4.74 Å². The lowest BCUT2D eigenvalue weighted by Crippen LogP contribution is -2.13. The molecule has 2 nitrogen and oxygen atoms in total. The highest BCUT2D eigenvalue weighted by Gasteiger charge is 2.18. The summed E-state index contributed by atoms with van der Waals surface area (Å²) in [5.74, 6) is -0.375. The van der Waals surface area contributed by atoms with Crippen LogP contribution in [0.1, 0.15) is 43.0 Å². The molecular formula is C16H20BrClO2. The van der Waals surface area contributed by atoms with Crippen LogP contribution in [-0.2, 0) is 9.53 Å². The summed E-state index contributed by atoms with van der Waals surface area (Å²) in [6, 6.07) is 2.05. The Labute approximate surface area is 134 Å².